The molecule has 0 amide bonds. The third-order valence-corrected chi connectivity index (χ3v) is 3.70. The second kappa shape index (κ2) is 5.81. The van der Waals surface area contributed by atoms with Crippen LogP contribution in [0.15, 0.2) is 24.5 Å². The minimum absolute atomic E-state index is 0.218. The van der Waals surface area contributed by atoms with Crippen molar-refractivity contribution in [2.24, 2.45) is 0 Å². The number of ether oxygens (including phenoxy) is 4. The van der Waals surface area contributed by atoms with Crippen LogP contribution in [0.4, 0.5) is 11.5 Å². The first-order valence-electron chi connectivity index (χ1n) is 7.32. The van der Waals surface area contributed by atoms with Crippen LogP contribution in [0.25, 0.3) is 0 Å². The average Bonchev–Trinajstić information content (AvgIpc) is 3.05. The summed E-state index contributed by atoms with van der Waals surface area (Å²) in [5, 5.41) is 0. The van der Waals surface area contributed by atoms with Crippen LogP contribution in [-0.2, 0) is 4.74 Å². The summed E-state index contributed by atoms with van der Waals surface area (Å²) >= 11 is 0. The number of benzene rings is 1. The molecule has 0 bridgehead atoms. The van der Waals surface area contributed by atoms with Crippen LogP contribution in [-0.4, -0.2) is 43.1 Å². The number of fused-ring (bicyclic) bond motifs is 1. The molecule has 0 spiro atoms. The van der Waals surface area contributed by atoms with E-state index in [9.17, 15) is 0 Å². The second-order valence-electron chi connectivity index (χ2n) is 5.13. The molecule has 0 saturated carbocycles. The second-order valence-corrected chi connectivity index (χ2v) is 5.13. The molecule has 0 unspecified atom stereocenters. The highest BCUT2D eigenvalue weighted by atomic mass is 16.7. The summed E-state index contributed by atoms with van der Waals surface area (Å²) in [5.41, 5.74) is 6.60. The van der Waals surface area contributed by atoms with Crippen molar-refractivity contribution in [1.82, 2.24) is 9.97 Å². The Kier molecular flexibility index (Phi) is 3.51. The summed E-state index contributed by atoms with van der Waals surface area (Å²) in [4.78, 5) is 10.5. The van der Waals surface area contributed by atoms with Gasteiger partial charge in [-0.1, -0.05) is 0 Å². The SMILES string of the molecule is Nc1c(Oc2ccc3c(c2)OCO3)ncnc1N1CCOCC1. The molecule has 3 heterocycles. The molecule has 1 aromatic heterocycles. The van der Waals surface area contributed by atoms with E-state index in [1.54, 1.807) is 18.2 Å². The van der Waals surface area contributed by atoms with Gasteiger partial charge in [-0.15, -0.1) is 0 Å². The van der Waals surface area contributed by atoms with Gasteiger partial charge in [-0.05, 0) is 12.1 Å². The van der Waals surface area contributed by atoms with E-state index in [4.69, 9.17) is 24.7 Å². The Labute approximate surface area is 132 Å². The fourth-order valence-electron chi connectivity index (χ4n) is 2.53. The molecule has 2 aromatic rings. The number of nitrogens with zero attached hydrogens (tertiary/aromatic N) is 3. The van der Waals surface area contributed by atoms with Gasteiger partial charge in [0.1, 0.15) is 17.8 Å². The van der Waals surface area contributed by atoms with Crippen LogP contribution in [0.1, 0.15) is 0 Å². The zero-order valence-electron chi connectivity index (χ0n) is 12.4. The van der Waals surface area contributed by atoms with E-state index >= 15 is 0 Å². The Morgan fingerprint density at radius 2 is 1.91 bits per heavy atom. The van der Waals surface area contributed by atoms with E-state index < -0.39 is 0 Å². The van der Waals surface area contributed by atoms with Crippen molar-refractivity contribution in [1.29, 1.82) is 0 Å². The molecule has 8 nitrogen and oxygen atoms in total. The first-order valence-corrected chi connectivity index (χ1v) is 7.32. The number of rotatable bonds is 3. The minimum Gasteiger partial charge on any atom is -0.454 e. The molecule has 0 atom stereocenters. The summed E-state index contributed by atoms with van der Waals surface area (Å²) in [7, 11) is 0. The highest BCUT2D eigenvalue weighted by Gasteiger charge is 2.20. The molecule has 1 aromatic carbocycles. The van der Waals surface area contributed by atoms with Gasteiger partial charge >= 0.3 is 0 Å². The normalized spacial score (nSPS) is 16.4. The molecule has 120 valence electrons. The van der Waals surface area contributed by atoms with E-state index in [0.29, 0.717) is 47.8 Å². The van der Waals surface area contributed by atoms with Gasteiger partial charge in [0.05, 0.1) is 13.2 Å². The fourth-order valence-corrected chi connectivity index (χ4v) is 2.53. The Hall–Kier alpha value is -2.74. The summed E-state index contributed by atoms with van der Waals surface area (Å²) < 4.78 is 21.8. The van der Waals surface area contributed by atoms with Crippen molar-refractivity contribution in [3.8, 4) is 23.1 Å². The standard InChI is InChI=1S/C15H16N4O4/c16-13-14(19-3-5-20-6-4-19)17-8-18-15(13)23-10-1-2-11-12(7-10)22-9-21-11/h1-2,7-8H,3-6,9,16H2. The van der Waals surface area contributed by atoms with Gasteiger partial charge in [-0.25, -0.2) is 4.98 Å². The molecular formula is C15H16N4O4. The Bertz CT molecular complexity index is 719. The molecule has 4 rings (SSSR count). The zero-order valence-corrected chi connectivity index (χ0v) is 12.4. The fraction of sp³-hybridized carbons (Fsp3) is 0.333. The quantitative estimate of drug-likeness (QED) is 0.909. The number of morpholine rings is 1. The smallest absolute Gasteiger partial charge is 0.248 e. The average molecular weight is 316 g/mol. The molecular weight excluding hydrogens is 300 g/mol. The van der Waals surface area contributed by atoms with Gasteiger partial charge in [0.15, 0.2) is 17.3 Å². The molecule has 2 aliphatic heterocycles. The Balaban J connectivity index is 1.59. The highest BCUT2D eigenvalue weighted by Crippen LogP contribution is 2.38. The van der Waals surface area contributed by atoms with Gasteiger partial charge < -0.3 is 29.6 Å². The van der Waals surface area contributed by atoms with Crippen LogP contribution in [0.3, 0.4) is 0 Å². The molecule has 2 N–H and O–H groups in total. The number of aromatic nitrogens is 2. The van der Waals surface area contributed by atoms with Gasteiger partial charge in [-0.2, -0.15) is 4.98 Å². The minimum atomic E-state index is 0.218. The van der Waals surface area contributed by atoms with Crippen LogP contribution in [0.2, 0.25) is 0 Å². The molecule has 1 fully saturated rings. The maximum atomic E-state index is 6.19. The summed E-state index contributed by atoms with van der Waals surface area (Å²) in [6.07, 6.45) is 1.45. The number of hydrogen-bond acceptors (Lipinski definition) is 8. The highest BCUT2D eigenvalue weighted by molar-refractivity contribution is 5.68. The zero-order chi connectivity index (χ0) is 15.6. The number of anilines is 2. The summed E-state index contributed by atoms with van der Waals surface area (Å²) in [6, 6.07) is 5.32. The van der Waals surface area contributed by atoms with E-state index in [1.165, 1.54) is 6.33 Å². The van der Waals surface area contributed by atoms with Crippen LogP contribution in [0, 0.1) is 0 Å². The first-order chi connectivity index (χ1) is 11.3. The Morgan fingerprint density at radius 3 is 2.78 bits per heavy atom. The van der Waals surface area contributed by atoms with Gasteiger partial charge in [0.2, 0.25) is 12.7 Å². The topological polar surface area (TPSA) is 92.0 Å². The van der Waals surface area contributed by atoms with Gasteiger partial charge in [0.25, 0.3) is 0 Å². The van der Waals surface area contributed by atoms with E-state index in [2.05, 4.69) is 14.9 Å². The van der Waals surface area contributed by atoms with Gasteiger partial charge in [0, 0.05) is 19.2 Å². The molecule has 8 heteroatoms. The number of nitrogens with two attached hydrogens (primary N) is 1. The molecule has 2 aliphatic rings. The monoisotopic (exact) mass is 316 g/mol. The van der Waals surface area contributed by atoms with Crippen LogP contribution >= 0.6 is 0 Å². The van der Waals surface area contributed by atoms with Crippen molar-refractivity contribution in [3.05, 3.63) is 24.5 Å². The van der Waals surface area contributed by atoms with Crippen molar-refractivity contribution in [2.45, 2.75) is 0 Å². The maximum Gasteiger partial charge on any atom is 0.248 e. The van der Waals surface area contributed by atoms with Gasteiger partial charge in [-0.3, -0.25) is 0 Å². The largest absolute Gasteiger partial charge is 0.454 e. The number of nitrogen functional groups attached to an aromatic ring is 1. The Morgan fingerprint density at radius 1 is 1.09 bits per heavy atom. The lowest BCUT2D eigenvalue weighted by Gasteiger charge is -2.28. The van der Waals surface area contributed by atoms with E-state index in [1.807, 2.05) is 0 Å². The lowest BCUT2D eigenvalue weighted by Crippen LogP contribution is -2.37. The van der Waals surface area contributed by atoms with E-state index in [0.717, 1.165) is 13.1 Å². The summed E-state index contributed by atoms with van der Waals surface area (Å²) in [5.74, 6) is 2.90. The summed E-state index contributed by atoms with van der Waals surface area (Å²) in [6.45, 7) is 3.01. The van der Waals surface area contributed by atoms with Crippen LogP contribution in [0.5, 0.6) is 23.1 Å². The predicted octanol–water partition coefficient (Wildman–Crippen LogP) is 1.42. The van der Waals surface area contributed by atoms with Crippen molar-refractivity contribution < 1.29 is 18.9 Å². The van der Waals surface area contributed by atoms with Crippen molar-refractivity contribution >= 4 is 11.5 Å². The molecule has 23 heavy (non-hydrogen) atoms. The van der Waals surface area contributed by atoms with E-state index in [-0.39, 0.29) is 6.79 Å². The number of hydrogen-bond donors (Lipinski definition) is 1. The molecule has 0 radical (unpaired) electrons. The van der Waals surface area contributed by atoms with Crippen molar-refractivity contribution in [2.75, 3.05) is 43.7 Å². The molecule has 1 saturated heterocycles. The predicted molar refractivity (Wildman–Crippen MR) is 82.1 cm³/mol. The van der Waals surface area contributed by atoms with Crippen molar-refractivity contribution in [3.63, 3.8) is 0 Å². The maximum absolute atomic E-state index is 6.19. The molecule has 0 aliphatic carbocycles. The third-order valence-electron chi connectivity index (χ3n) is 3.70. The first kappa shape index (κ1) is 13.9. The van der Waals surface area contributed by atoms with Crippen LogP contribution < -0.4 is 24.8 Å². The lowest BCUT2D eigenvalue weighted by atomic mass is 10.3. The third kappa shape index (κ3) is 2.68. The lowest BCUT2D eigenvalue weighted by molar-refractivity contribution is 0.122.